The number of hydrogen-bond acceptors (Lipinski definition) is 3. The maximum absolute atomic E-state index is 9.31. The summed E-state index contributed by atoms with van der Waals surface area (Å²) in [5, 5.41) is 9.31. The summed E-state index contributed by atoms with van der Waals surface area (Å²) in [5.74, 6) is 0. The molecule has 0 aliphatic carbocycles. The van der Waals surface area contributed by atoms with Crippen LogP contribution < -0.4 is 5.73 Å². The average Bonchev–Trinajstić information content (AvgIpc) is 2.17. The van der Waals surface area contributed by atoms with Gasteiger partial charge >= 0.3 is 0 Å². The fourth-order valence-electron chi connectivity index (χ4n) is 1.10. The van der Waals surface area contributed by atoms with E-state index in [1.54, 1.807) is 0 Å². The number of aliphatic hydroxyl groups excluding tert-OH is 1. The topological polar surface area (TPSA) is 55.5 Å². The average molecular weight is 181 g/mol. The van der Waals surface area contributed by atoms with Crippen LogP contribution in [0.1, 0.15) is 30.4 Å². The molecule has 0 fully saturated rings. The Balaban J connectivity index is 2.81. The summed E-state index contributed by atoms with van der Waals surface area (Å²) < 4.78 is 4.76. The largest absolute Gasteiger partial charge is 0.364 e. The highest BCUT2D eigenvalue weighted by Gasteiger charge is 2.05. The van der Waals surface area contributed by atoms with Crippen molar-refractivity contribution in [3.63, 3.8) is 0 Å². The molecule has 0 saturated carbocycles. The van der Waals surface area contributed by atoms with E-state index in [1.807, 2.05) is 31.2 Å². The quantitative estimate of drug-likeness (QED) is 0.692. The standard InChI is InChI=1S/C10H15NO2/c1-7(11)8-3-5-9(6-4-8)10(12)13-2/h3-7,10,12H,11H2,1-2H3/t7-,10?/m0/s1. The summed E-state index contributed by atoms with van der Waals surface area (Å²) in [6.45, 7) is 1.92. The third kappa shape index (κ3) is 2.52. The molecule has 0 radical (unpaired) electrons. The summed E-state index contributed by atoms with van der Waals surface area (Å²) in [7, 11) is 1.46. The van der Waals surface area contributed by atoms with Crippen molar-refractivity contribution in [3.8, 4) is 0 Å². The van der Waals surface area contributed by atoms with Crippen LogP contribution >= 0.6 is 0 Å². The summed E-state index contributed by atoms with van der Waals surface area (Å²) in [5.41, 5.74) is 7.47. The third-order valence-corrected chi connectivity index (χ3v) is 1.97. The molecule has 1 aromatic carbocycles. The van der Waals surface area contributed by atoms with Crippen LogP contribution in [0.25, 0.3) is 0 Å². The predicted octanol–water partition coefficient (Wildman–Crippen LogP) is 1.34. The molecule has 0 aliphatic heterocycles. The van der Waals surface area contributed by atoms with Crippen molar-refractivity contribution in [1.29, 1.82) is 0 Å². The fourth-order valence-corrected chi connectivity index (χ4v) is 1.10. The highest BCUT2D eigenvalue weighted by molar-refractivity contribution is 5.25. The minimum atomic E-state index is -0.845. The van der Waals surface area contributed by atoms with Crippen LogP contribution in [0.3, 0.4) is 0 Å². The van der Waals surface area contributed by atoms with Crippen LogP contribution in [0, 0.1) is 0 Å². The van der Waals surface area contributed by atoms with Gasteiger partial charge in [0.2, 0.25) is 0 Å². The smallest absolute Gasteiger partial charge is 0.180 e. The van der Waals surface area contributed by atoms with Crippen molar-refractivity contribution in [2.75, 3.05) is 7.11 Å². The van der Waals surface area contributed by atoms with E-state index in [-0.39, 0.29) is 6.04 Å². The van der Waals surface area contributed by atoms with Crippen LogP contribution in [0.4, 0.5) is 0 Å². The maximum atomic E-state index is 9.31. The lowest BCUT2D eigenvalue weighted by molar-refractivity contribution is -0.0769. The summed E-state index contributed by atoms with van der Waals surface area (Å²) in [4.78, 5) is 0. The summed E-state index contributed by atoms with van der Waals surface area (Å²) in [6.07, 6.45) is -0.845. The first-order chi connectivity index (χ1) is 6.15. The Bertz CT molecular complexity index is 256. The Kier molecular flexibility index (Phi) is 3.42. The number of rotatable bonds is 3. The molecule has 3 nitrogen and oxygen atoms in total. The van der Waals surface area contributed by atoms with Gasteiger partial charge in [-0.15, -0.1) is 0 Å². The van der Waals surface area contributed by atoms with Gasteiger partial charge in [-0.25, -0.2) is 0 Å². The van der Waals surface area contributed by atoms with E-state index in [1.165, 1.54) is 7.11 Å². The molecular formula is C10H15NO2. The van der Waals surface area contributed by atoms with Crippen molar-refractivity contribution < 1.29 is 9.84 Å². The number of aliphatic hydroxyl groups is 1. The molecular weight excluding hydrogens is 166 g/mol. The van der Waals surface area contributed by atoms with Crippen molar-refractivity contribution >= 4 is 0 Å². The zero-order valence-corrected chi connectivity index (χ0v) is 7.90. The first kappa shape index (κ1) is 10.2. The van der Waals surface area contributed by atoms with Gasteiger partial charge in [-0.05, 0) is 12.5 Å². The lowest BCUT2D eigenvalue weighted by Crippen LogP contribution is -2.05. The van der Waals surface area contributed by atoms with Gasteiger partial charge < -0.3 is 15.6 Å². The van der Waals surface area contributed by atoms with E-state index in [0.29, 0.717) is 0 Å². The van der Waals surface area contributed by atoms with Crippen LogP contribution in [0.5, 0.6) is 0 Å². The second-order valence-corrected chi connectivity index (χ2v) is 3.04. The van der Waals surface area contributed by atoms with E-state index in [9.17, 15) is 5.11 Å². The molecule has 0 amide bonds. The number of ether oxygens (including phenoxy) is 1. The predicted molar refractivity (Wildman–Crippen MR) is 51.0 cm³/mol. The lowest BCUT2D eigenvalue weighted by Gasteiger charge is -2.10. The minimum Gasteiger partial charge on any atom is -0.364 e. The number of hydrogen-bond donors (Lipinski definition) is 2. The Morgan fingerprint density at radius 2 is 1.69 bits per heavy atom. The van der Waals surface area contributed by atoms with Gasteiger partial charge in [0.25, 0.3) is 0 Å². The van der Waals surface area contributed by atoms with E-state index < -0.39 is 6.29 Å². The highest BCUT2D eigenvalue weighted by atomic mass is 16.6. The van der Waals surface area contributed by atoms with Crippen molar-refractivity contribution in [1.82, 2.24) is 0 Å². The fraction of sp³-hybridized carbons (Fsp3) is 0.400. The van der Waals surface area contributed by atoms with E-state index in [4.69, 9.17) is 10.5 Å². The van der Waals surface area contributed by atoms with E-state index in [2.05, 4.69) is 0 Å². The van der Waals surface area contributed by atoms with Crippen molar-refractivity contribution in [2.24, 2.45) is 5.73 Å². The minimum absolute atomic E-state index is 0.0220. The molecule has 0 spiro atoms. The monoisotopic (exact) mass is 181 g/mol. The third-order valence-electron chi connectivity index (χ3n) is 1.97. The number of benzene rings is 1. The molecule has 3 N–H and O–H groups in total. The van der Waals surface area contributed by atoms with Crippen LogP contribution in [-0.2, 0) is 4.74 Å². The summed E-state index contributed by atoms with van der Waals surface area (Å²) >= 11 is 0. The molecule has 72 valence electrons. The first-order valence-corrected chi connectivity index (χ1v) is 4.21. The molecule has 0 aromatic heterocycles. The van der Waals surface area contributed by atoms with E-state index >= 15 is 0 Å². The van der Waals surface area contributed by atoms with Gasteiger partial charge in [0.15, 0.2) is 6.29 Å². The second kappa shape index (κ2) is 4.37. The zero-order chi connectivity index (χ0) is 9.84. The molecule has 1 unspecified atom stereocenters. The Labute approximate surface area is 78.1 Å². The van der Waals surface area contributed by atoms with Gasteiger partial charge in [-0.2, -0.15) is 0 Å². The first-order valence-electron chi connectivity index (χ1n) is 4.21. The van der Waals surface area contributed by atoms with Crippen LogP contribution in [0.15, 0.2) is 24.3 Å². The zero-order valence-electron chi connectivity index (χ0n) is 7.90. The van der Waals surface area contributed by atoms with Gasteiger partial charge in [-0.3, -0.25) is 0 Å². The Morgan fingerprint density at radius 3 is 2.08 bits per heavy atom. The van der Waals surface area contributed by atoms with Gasteiger partial charge in [0.1, 0.15) is 0 Å². The highest BCUT2D eigenvalue weighted by Crippen LogP contribution is 2.16. The van der Waals surface area contributed by atoms with Crippen LogP contribution in [-0.4, -0.2) is 12.2 Å². The summed E-state index contributed by atoms with van der Waals surface area (Å²) in [6, 6.07) is 7.43. The second-order valence-electron chi connectivity index (χ2n) is 3.04. The van der Waals surface area contributed by atoms with Gasteiger partial charge in [-0.1, -0.05) is 24.3 Å². The molecule has 0 bridgehead atoms. The van der Waals surface area contributed by atoms with Gasteiger partial charge in [0.05, 0.1) is 0 Å². The molecule has 0 saturated heterocycles. The number of methoxy groups -OCH3 is 1. The maximum Gasteiger partial charge on any atom is 0.180 e. The molecule has 0 aliphatic rings. The molecule has 3 heteroatoms. The van der Waals surface area contributed by atoms with Gasteiger partial charge in [0, 0.05) is 18.7 Å². The lowest BCUT2D eigenvalue weighted by atomic mass is 10.1. The normalized spacial score (nSPS) is 15.4. The van der Waals surface area contributed by atoms with Crippen molar-refractivity contribution in [2.45, 2.75) is 19.3 Å². The SMILES string of the molecule is COC(O)c1ccc([C@H](C)N)cc1. The Hall–Kier alpha value is -0.900. The van der Waals surface area contributed by atoms with Crippen LogP contribution in [0.2, 0.25) is 0 Å². The van der Waals surface area contributed by atoms with Crippen molar-refractivity contribution in [3.05, 3.63) is 35.4 Å². The molecule has 13 heavy (non-hydrogen) atoms. The Morgan fingerprint density at radius 1 is 1.23 bits per heavy atom. The molecule has 2 atom stereocenters. The van der Waals surface area contributed by atoms with E-state index in [0.717, 1.165) is 11.1 Å². The molecule has 1 aromatic rings. The molecule has 1 rings (SSSR count). The molecule has 0 heterocycles. The number of nitrogens with two attached hydrogens (primary N) is 1.